The Bertz CT molecular complexity index is 902. The number of anilines is 1. The van der Waals surface area contributed by atoms with Crippen LogP contribution in [0, 0.1) is 13.8 Å². The maximum absolute atomic E-state index is 12.8. The lowest BCUT2D eigenvalue weighted by Gasteiger charge is -2.18. The molecule has 2 amide bonds. The molecule has 0 aliphatic carbocycles. The molecule has 0 spiro atoms. The second-order valence-electron chi connectivity index (χ2n) is 7.10. The quantitative estimate of drug-likeness (QED) is 0.663. The van der Waals surface area contributed by atoms with Crippen molar-refractivity contribution in [3.8, 4) is 0 Å². The topological polar surface area (TPSA) is 77.2 Å². The molecule has 0 saturated carbocycles. The molecule has 1 aliphatic heterocycles. The van der Waals surface area contributed by atoms with Gasteiger partial charge >= 0.3 is 0 Å². The minimum atomic E-state index is -0.496. The fraction of sp³-hybridized carbons (Fsp3) is 0.429. The van der Waals surface area contributed by atoms with E-state index in [0.29, 0.717) is 17.1 Å². The SMILES string of the molecule is CCN(CC)CCNC(=O)c1c(C)[nH]c(C2C(=O)Nc3ccc(Cl)cc32)c1C. The highest BCUT2D eigenvalue weighted by molar-refractivity contribution is 6.31. The highest BCUT2D eigenvalue weighted by atomic mass is 35.5. The number of amides is 2. The van der Waals surface area contributed by atoms with Crippen LogP contribution in [0.1, 0.15) is 52.6 Å². The minimum absolute atomic E-state index is 0.116. The van der Waals surface area contributed by atoms with Crippen LogP contribution in [0.4, 0.5) is 5.69 Å². The summed E-state index contributed by atoms with van der Waals surface area (Å²) in [6.45, 7) is 11.3. The molecule has 1 unspecified atom stereocenters. The van der Waals surface area contributed by atoms with E-state index in [9.17, 15) is 9.59 Å². The third-order valence-corrected chi connectivity index (χ3v) is 5.68. The van der Waals surface area contributed by atoms with Gasteiger partial charge in [-0.2, -0.15) is 0 Å². The van der Waals surface area contributed by atoms with Crippen LogP contribution in [0.5, 0.6) is 0 Å². The van der Waals surface area contributed by atoms with E-state index in [1.165, 1.54) is 0 Å². The van der Waals surface area contributed by atoms with Gasteiger partial charge in [0, 0.05) is 35.2 Å². The van der Waals surface area contributed by atoms with Gasteiger partial charge in [-0.25, -0.2) is 0 Å². The fourth-order valence-electron chi connectivity index (χ4n) is 3.88. The van der Waals surface area contributed by atoms with E-state index in [0.717, 1.165) is 47.8 Å². The molecule has 6 nitrogen and oxygen atoms in total. The first kappa shape index (κ1) is 20.4. The van der Waals surface area contributed by atoms with Crippen molar-refractivity contribution in [3.05, 3.63) is 51.3 Å². The van der Waals surface area contributed by atoms with Gasteiger partial charge in [0.2, 0.25) is 5.91 Å². The summed E-state index contributed by atoms with van der Waals surface area (Å²) in [5.74, 6) is -0.728. The van der Waals surface area contributed by atoms with Crippen molar-refractivity contribution in [1.29, 1.82) is 0 Å². The van der Waals surface area contributed by atoms with Crippen LogP contribution in [0.15, 0.2) is 18.2 Å². The first-order chi connectivity index (χ1) is 13.4. The number of nitrogens with one attached hydrogen (secondary N) is 3. The molecule has 3 N–H and O–H groups in total. The Kier molecular flexibility index (Phi) is 6.10. The summed E-state index contributed by atoms with van der Waals surface area (Å²) >= 11 is 6.14. The Morgan fingerprint density at radius 2 is 1.96 bits per heavy atom. The molecule has 0 radical (unpaired) electrons. The van der Waals surface area contributed by atoms with E-state index in [1.807, 2.05) is 19.9 Å². The number of aromatic nitrogens is 1. The third kappa shape index (κ3) is 3.80. The zero-order valence-corrected chi connectivity index (χ0v) is 17.5. The number of carbonyl (C=O) groups excluding carboxylic acids is 2. The van der Waals surface area contributed by atoms with Crippen molar-refractivity contribution in [2.45, 2.75) is 33.6 Å². The van der Waals surface area contributed by atoms with Gasteiger partial charge in [-0.1, -0.05) is 25.4 Å². The fourth-order valence-corrected chi connectivity index (χ4v) is 4.06. The lowest BCUT2D eigenvalue weighted by Crippen LogP contribution is -2.35. The van der Waals surface area contributed by atoms with Crippen LogP contribution >= 0.6 is 11.6 Å². The van der Waals surface area contributed by atoms with Gasteiger partial charge in [0.15, 0.2) is 0 Å². The Hall–Kier alpha value is -2.31. The zero-order valence-electron chi connectivity index (χ0n) is 16.8. The molecule has 2 aromatic rings. The molecule has 3 rings (SSSR count). The molecule has 150 valence electrons. The zero-order chi connectivity index (χ0) is 20.4. The monoisotopic (exact) mass is 402 g/mol. The van der Waals surface area contributed by atoms with Crippen LogP contribution in [0.3, 0.4) is 0 Å². The van der Waals surface area contributed by atoms with Crippen molar-refractivity contribution in [1.82, 2.24) is 15.2 Å². The van der Waals surface area contributed by atoms with Crippen molar-refractivity contribution in [2.24, 2.45) is 0 Å². The Morgan fingerprint density at radius 1 is 1.25 bits per heavy atom. The van der Waals surface area contributed by atoms with E-state index in [1.54, 1.807) is 12.1 Å². The first-order valence-corrected chi connectivity index (χ1v) is 10.0. The molecule has 1 aromatic heterocycles. The second-order valence-corrected chi connectivity index (χ2v) is 7.54. The Labute approximate surface area is 170 Å². The number of hydrogen-bond donors (Lipinski definition) is 3. The maximum atomic E-state index is 12.8. The summed E-state index contributed by atoms with van der Waals surface area (Å²) < 4.78 is 0. The number of hydrogen-bond acceptors (Lipinski definition) is 3. The van der Waals surface area contributed by atoms with Gasteiger partial charge in [-0.3, -0.25) is 9.59 Å². The molecule has 0 fully saturated rings. The number of halogens is 1. The molecule has 1 aliphatic rings. The summed E-state index contributed by atoms with van der Waals surface area (Å²) in [4.78, 5) is 30.9. The number of H-pyrrole nitrogens is 1. The number of aromatic amines is 1. The van der Waals surface area contributed by atoms with Crippen LogP contribution < -0.4 is 10.6 Å². The van der Waals surface area contributed by atoms with E-state index >= 15 is 0 Å². The largest absolute Gasteiger partial charge is 0.361 e. The number of nitrogens with zero attached hydrogens (tertiary/aromatic N) is 1. The van der Waals surface area contributed by atoms with E-state index < -0.39 is 5.92 Å². The van der Waals surface area contributed by atoms with Gasteiger partial charge in [0.05, 0.1) is 5.56 Å². The van der Waals surface area contributed by atoms with E-state index in [4.69, 9.17) is 11.6 Å². The van der Waals surface area contributed by atoms with E-state index in [-0.39, 0.29) is 11.8 Å². The molecule has 2 heterocycles. The van der Waals surface area contributed by atoms with Gasteiger partial charge in [-0.05, 0) is 56.3 Å². The second kappa shape index (κ2) is 8.37. The average molecular weight is 403 g/mol. The number of carbonyl (C=O) groups is 2. The summed E-state index contributed by atoms with van der Waals surface area (Å²) in [6, 6.07) is 5.37. The summed E-state index contributed by atoms with van der Waals surface area (Å²) in [6.07, 6.45) is 0. The van der Waals surface area contributed by atoms with Crippen LogP contribution in [-0.4, -0.2) is 47.9 Å². The molecule has 7 heteroatoms. The number of aryl methyl sites for hydroxylation is 1. The first-order valence-electron chi connectivity index (χ1n) is 9.67. The lowest BCUT2D eigenvalue weighted by atomic mass is 9.94. The van der Waals surface area contributed by atoms with Crippen molar-refractivity contribution in [3.63, 3.8) is 0 Å². The molecule has 1 aromatic carbocycles. The molecular formula is C21H27ClN4O2. The standard InChI is InChI=1S/C21H27ClN4O2/c1-5-26(6-2)10-9-23-20(27)17-12(3)19(24-13(17)4)18-15-11-14(22)7-8-16(15)25-21(18)28/h7-8,11,18,24H,5-6,9-10H2,1-4H3,(H,23,27)(H,25,28). The van der Waals surface area contributed by atoms with Crippen LogP contribution in [0.25, 0.3) is 0 Å². The van der Waals surface area contributed by atoms with Crippen molar-refractivity contribution in [2.75, 3.05) is 31.5 Å². The Balaban J connectivity index is 1.84. The predicted octanol–water partition coefficient (Wildman–Crippen LogP) is 3.44. The minimum Gasteiger partial charge on any atom is -0.361 e. The van der Waals surface area contributed by atoms with E-state index in [2.05, 4.69) is 34.4 Å². The smallest absolute Gasteiger partial charge is 0.253 e. The van der Waals surface area contributed by atoms with Crippen molar-refractivity contribution < 1.29 is 9.59 Å². The molecule has 1 atom stereocenters. The number of benzene rings is 1. The third-order valence-electron chi connectivity index (χ3n) is 5.44. The molecule has 0 saturated heterocycles. The predicted molar refractivity (Wildman–Crippen MR) is 112 cm³/mol. The van der Waals surface area contributed by atoms with Gasteiger partial charge < -0.3 is 20.5 Å². The summed E-state index contributed by atoms with van der Waals surface area (Å²) in [7, 11) is 0. The lowest BCUT2D eigenvalue weighted by molar-refractivity contribution is -0.116. The molecule has 28 heavy (non-hydrogen) atoms. The van der Waals surface area contributed by atoms with Crippen LogP contribution in [0.2, 0.25) is 5.02 Å². The van der Waals surface area contributed by atoms with Gasteiger partial charge in [0.25, 0.3) is 5.91 Å². The summed E-state index contributed by atoms with van der Waals surface area (Å²) in [5, 5.41) is 6.47. The average Bonchev–Trinajstić information content (AvgIpc) is 3.13. The Morgan fingerprint density at radius 3 is 2.64 bits per heavy atom. The number of fused-ring (bicyclic) bond motifs is 1. The molecular weight excluding hydrogens is 376 g/mol. The normalized spacial score (nSPS) is 15.6. The highest BCUT2D eigenvalue weighted by Crippen LogP contribution is 2.40. The summed E-state index contributed by atoms with van der Waals surface area (Å²) in [5.41, 5.74) is 4.50. The molecule has 0 bridgehead atoms. The van der Waals surface area contributed by atoms with Gasteiger partial charge in [0.1, 0.15) is 5.92 Å². The number of rotatable bonds is 7. The van der Waals surface area contributed by atoms with Crippen LogP contribution in [-0.2, 0) is 4.79 Å². The van der Waals surface area contributed by atoms with Gasteiger partial charge in [-0.15, -0.1) is 0 Å². The highest BCUT2D eigenvalue weighted by Gasteiger charge is 2.35. The number of likely N-dealkylation sites (N-methyl/N-ethyl adjacent to an activating group) is 1. The maximum Gasteiger partial charge on any atom is 0.253 e. The van der Waals surface area contributed by atoms with Crippen molar-refractivity contribution >= 4 is 29.1 Å².